The summed E-state index contributed by atoms with van der Waals surface area (Å²) in [5.74, 6) is 0.125. The molecule has 0 saturated carbocycles. The Bertz CT molecular complexity index is 468. The minimum atomic E-state index is -0.344. The smallest absolute Gasteiger partial charge is 0.238 e. The SMILES string of the molecule is CCc1ccc(C2NCC(=O)N2CC(C)(C)OC)cc1. The summed E-state index contributed by atoms with van der Waals surface area (Å²) in [7, 11) is 1.68. The lowest BCUT2D eigenvalue weighted by Crippen LogP contribution is -2.42. The second kappa shape index (κ2) is 5.94. The molecule has 4 heteroatoms. The molecular formula is C16H24N2O2. The summed E-state index contributed by atoms with van der Waals surface area (Å²) in [5.41, 5.74) is 2.09. The van der Waals surface area contributed by atoms with Crippen molar-refractivity contribution in [2.75, 3.05) is 20.2 Å². The van der Waals surface area contributed by atoms with Crippen LogP contribution in [0.3, 0.4) is 0 Å². The molecule has 1 saturated heterocycles. The van der Waals surface area contributed by atoms with Gasteiger partial charge in [-0.25, -0.2) is 0 Å². The molecule has 110 valence electrons. The number of benzene rings is 1. The number of aryl methyl sites for hydroxylation is 1. The maximum Gasteiger partial charge on any atom is 0.238 e. The highest BCUT2D eigenvalue weighted by atomic mass is 16.5. The number of methoxy groups -OCH3 is 1. The van der Waals surface area contributed by atoms with Gasteiger partial charge in [0.15, 0.2) is 0 Å². The van der Waals surface area contributed by atoms with E-state index >= 15 is 0 Å². The van der Waals surface area contributed by atoms with Gasteiger partial charge in [-0.15, -0.1) is 0 Å². The quantitative estimate of drug-likeness (QED) is 0.895. The molecular weight excluding hydrogens is 252 g/mol. The molecule has 2 rings (SSSR count). The predicted molar refractivity (Wildman–Crippen MR) is 79.4 cm³/mol. The zero-order valence-electron chi connectivity index (χ0n) is 12.8. The fraction of sp³-hybridized carbons (Fsp3) is 0.562. The molecule has 1 fully saturated rings. The lowest BCUT2D eigenvalue weighted by molar-refractivity contribution is -0.131. The summed E-state index contributed by atoms with van der Waals surface area (Å²) in [4.78, 5) is 13.9. The number of carbonyl (C=O) groups excluding carboxylic acids is 1. The van der Waals surface area contributed by atoms with Gasteiger partial charge in [0.05, 0.1) is 18.7 Å². The molecule has 1 amide bonds. The number of ether oxygens (including phenoxy) is 1. The molecule has 1 aromatic rings. The average molecular weight is 276 g/mol. The molecule has 1 atom stereocenters. The summed E-state index contributed by atoms with van der Waals surface area (Å²) in [5, 5.41) is 3.28. The van der Waals surface area contributed by atoms with Crippen molar-refractivity contribution >= 4 is 5.91 Å². The highest BCUT2D eigenvalue weighted by molar-refractivity contribution is 5.81. The Balaban J connectivity index is 2.18. The Kier molecular flexibility index (Phi) is 4.45. The van der Waals surface area contributed by atoms with Crippen molar-refractivity contribution in [1.82, 2.24) is 10.2 Å². The second-order valence-corrected chi connectivity index (χ2v) is 5.86. The highest BCUT2D eigenvalue weighted by Gasteiger charge is 2.35. The van der Waals surface area contributed by atoms with Crippen LogP contribution in [0.2, 0.25) is 0 Å². The normalized spacial score (nSPS) is 19.7. The Hall–Kier alpha value is -1.39. The first kappa shape index (κ1) is 15.0. The third-order valence-electron chi connectivity index (χ3n) is 3.89. The Morgan fingerprint density at radius 1 is 1.35 bits per heavy atom. The van der Waals surface area contributed by atoms with E-state index < -0.39 is 0 Å². The van der Waals surface area contributed by atoms with E-state index in [-0.39, 0.29) is 17.7 Å². The molecule has 1 heterocycles. The summed E-state index contributed by atoms with van der Waals surface area (Å²) < 4.78 is 5.45. The third kappa shape index (κ3) is 3.19. The van der Waals surface area contributed by atoms with Crippen molar-refractivity contribution < 1.29 is 9.53 Å². The zero-order chi connectivity index (χ0) is 14.8. The van der Waals surface area contributed by atoms with Gasteiger partial charge >= 0.3 is 0 Å². The van der Waals surface area contributed by atoms with E-state index in [0.29, 0.717) is 13.1 Å². The van der Waals surface area contributed by atoms with Gasteiger partial charge in [0.2, 0.25) is 5.91 Å². The van der Waals surface area contributed by atoms with Crippen LogP contribution in [0, 0.1) is 0 Å². The summed E-state index contributed by atoms with van der Waals surface area (Å²) >= 11 is 0. The summed E-state index contributed by atoms with van der Waals surface area (Å²) in [6.07, 6.45) is 0.973. The van der Waals surface area contributed by atoms with Crippen molar-refractivity contribution in [3.8, 4) is 0 Å². The number of nitrogens with zero attached hydrogens (tertiary/aromatic N) is 1. The van der Waals surface area contributed by atoms with Crippen LogP contribution in [0.5, 0.6) is 0 Å². The molecule has 0 radical (unpaired) electrons. The lowest BCUT2D eigenvalue weighted by atomic mass is 10.1. The van der Waals surface area contributed by atoms with E-state index in [9.17, 15) is 4.79 Å². The fourth-order valence-electron chi connectivity index (χ4n) is 2.43. The van der Waals surface area contributed by atoms with Crippen LogP contribution >= 0.6 is 0 Å². The largest absolute Gasteiger partial charge is 0.377 e. The second-order valence-electron chi connectivity index (χ2n) is 5.86. The number of rotatable bonds is 5. The van der Waals surface area contributed by atoms with Gasteiger partial charge in [-0.3, -0.25) is 10.1 Å². The van der Waals surface area contributed by atoms with E-state index in [1.165, 1.54) is 5.56 Å². The molecule has 20 heavy (non-hydrogen) atoms. The van der Waals surface area contributed by atoms with Crippen molar-refractivity contribution in [2.45, 2.75) is 39.0 Å². The van der Waals surface area contributed by atoms with Gasteiger partial charge in [-0.1, -0.05) is 31.2 Å². The Labute approximate surface area is 121 Å². The maximum absolute atomic E-state index is 12.1. The van der Waals surface area contributed by atoms with Crippen LogP contribution in [0.25, 0.3) is 0 Å². The van der Waals surface area contributed by atoms with Crippen LogP contribution in [0.1, 0.15) is 38.1 Å². The third-order valence-corrected chi connectivity index (χ3v) is 3.89. The van der Waals surface area contributed by atoms with Gasteiger partial charge in [-0.2, -0.15) is 0 Å². The van der Waals surface area contributed by atoms with Crippen molar-refractivity contribution in [3.05, 3.63) is 35.4 Å². The number of amides is 1. The Morgan fingerprint density at radius 3 is 2.55 bits per heavy atom. The van der Waals surface area contributed by atoms with Crippen LogP contribution in [-0.4, -0.2) is 36.6 Å². The molecule has 1 N–H and O–H groups in total. The number of nitrogens with one attached hydrogen (secondary N) is 1. The van der Waals surface area contributed by atoms with Crippen LogP contribution in [0.15, 0.2) is 24.3 Å². The number of hydrogen-bond donors (Lipinski definition) is 1. The predicted octanol–water partition coefficient (Wildman–Crippen LogP) is 2.10. The molecule has 1 aromatic carbocycles. The average Bonchev–Trinajstić information content (AvgIpc) is 2.80. The van der Waals surface area contributed by atoms with Crippen LogP contribution < -0.4 is 5.32 Å². The zero-order valence-corrected chi connectivity index (χ0v) is 12.8. The van der Waals surface area contributed by atoms with Gasteiger partial charge < -0.3 is 9.64 Å². The van der Waals surface area contributed by atoms with Crippen molar-refractivity contribution in [2.24, 2.45) is 0 Å². The van der Waals surface area contributed by atoms with Gasteiger partial charge in [0.25, 0.3) is 0 Å². The number of hydrogen-bond acceptors (Lipinski definition) is 3. The van der Waals surface area contributed by atoms with E-state index in [2.05, 4.69) is 36.5 Å². The molecule has 1 aliphatic heterocycles. The highest BCUT2D eigenvalue weighted by Crippen LogP contribution is 2.25. The van der Waals surface area contributed by atoms with Crippen molar-refractivity contribution in [1.29, 1.82) is 0 Å². The van der Waals surface area contributed by atoms with Gasteiger partial charge in [0.1, 0.15) is 6.17 Å². The first-order valence-electron chi connectivity index (χ1n) is 7.13. The van der Waals surface area contributed by atoms with Crippen LogP contribution in [-0.2, 0) is 16.0 Å². The standard InChI is InChI=1S/C16H24N2O2/c1-5-12-6-8-13(9-7-12)15-17-10-14(19)18(15)11-16(2,3)20-4/h6-9,15,17H,5,10-11H2,1-4H3. The topological polar surface area (TPSA) is 41.6 Å². The molecule has 0 bridgehead atoms. The molecule has 1 aliphatic rings. The molecule has 1 unspecified atom stereocenters. The molecule has 0 aromatic heterocycles. The summed E-state index contributed by atoms with van der Waals surface area (Å²) in [6, 6.07) is 8.45. The minimum Gasteiger partial charge on any atom is -0.377 e. The van der Waals surface area contributed by atoms with E-state index in [0.717, 1.165) is 12.0 Å². The van der Waals surface area contributed by atoms with Crippen LogP contribution in [0.4, 0.5) is 0 Å². The summed E-state index contributed by atoms with van der Waals surface area (Å²) in [6.45, 7) is 7.10. The molecule has 0 aliphatic carbocycles. The number of carbonyl (C=O) groups is 1. The van der Waals surface area contributed by atoms with Crippen molar-refractivity contribution in [3.63, 3.8) is 0 Å². The van der Waals surface area contributed by atoms with Gasteiger partial charge in [-0.05, 0) is 31.4 Å². The van der Waals surface area contributed by atoms with E-state index in [1.807, 2.05) is 18.7 Å². The lowest BCUT2D eigenvalue weighted by Gasteiger charge is -2.32. The molecule has 4 nitrogen and oxygen atoms in total. The monoisotopic (exact) mass is 276 g/mol. The van der Waals surface area contributed by atoms with E-state index in [4.69, 9.17) is 4.74 Å². The van der Waals surface area contributed by atoms with E-state index in [1.54, 1.807) is 7.11 Å². The molecule has 0 spiro atoms. The first-order chi connectivity index (χ1) is 9.46. The first-order valence-corrected chi connectivity index (χ1v) is 7.13. The van der Waals surface area contributed by atoms with Gasteiger partial charge in [0, 0.05) is 7.11 Å². The minimum absolute atomic E-state index is 0.0529. The fourth-order valence-corrected chi connectivity index (χ4v) is 2.43. The Morgan fingerprint density at radius 2 is 2.00 bits per heavy atom. The maximum atomic E-state index is 12.1.